The predicted octanol–water partition coefficient (Wildman–Crippen LogP) is 10.7. The quantitative estimate of drug-likeness (QED) is 0.196. The van der Waals surface area contributed by atoms with Crippen LogP contribution in [-0.4, -0.2) is 19.9 Å². The van der Waals surface area contributed by atoms with Gasteiger partial charge in [0.25, 0.3) is 0 Å². The summed E-state index contributed by atoms with van der Waals surface area (Å²) in [4.78, 5) is 19.0. The maximum absolute atomic E-state index is 6.66. The molecule has 47 heavy (non-hydrogen) atoms. The van der Waals surface area contributed by atoms with Gasteiger partial charge in [0.05, 0.1) is 0 Å². The molecule has 0 N–H and O–H groups in total. The highest BCUT2D eigenvalue weighted by molar-refractivity contribution is 6.18. The molecule has 5 heteroatoms. The lowest BCUT2D eigenvalue weighted by Gasteiger charge is -2.10. The Labute approximate surface area is 270 Å². The first-order chi connectivity index (χ1) is 23.3. The van der Waals surface area contributed by atoms with Crippen molar-refractivity contribution in [3.63, 3.8) is 0 Å². The van der Waals surface area contributed by atoms with E-state index in [2.05, 4.69) is 77.8 Å². The molecule has 0 aliphatic heterocycles. The number of rotatable bonds is 5. The fourth-order valence-corrected chi connectivity index (χ4v) is 6.28. The molecule has 3 aromatic heterocycles. The lowest BCUT2D eigenvalue weighted by atomic mass is 9.94. The third-order valence-corrected chi connectivity index (χ3v) is 8.62. The molecule has 0 amide bonds. The maximum atomic E-state index is 6.66. The number of furan rings is 1. The highest BCUT2D eigenvalue weighted by Crippen LogP contribution is 2.43. The van der Waals surface area contributed by atoms with E-state index in [0.29, 0.717) is 17.5 Å². The van der Waals surface area contributed by atoms with Gasteiger partial charge in [0.1, 0.15) is 11.2 Å². The van der Waals surface area contributed by atoms with Crippen LogP contribution in [0.3, 0.4) is 0 Å². The van der Waals surface area contributed by atoms with Crippen molar-refractivity contribution >= 4 is 32.7 Å². The van der Waals surface area contributed by atoms with Gasteiger partial charge in [0.2, 0.25) is 0 Å². The number of hydrogen-bond acceptors (Lipinski definition) is 5. The number of fused-ring (bicyclic) bond motifs is 4. The van der Waals surface area contributed by atoms with Crippen LogP contribution in [0.25, 0.3) is 89.1 Å². The topological polar surface area (TPSA) is 64.7 Å². The Morgan fingerprint density at radius 3 is 1.55 bits per heavy atom. The summed E-state index contributed by atoms with van der Waals surface area (Å²) < 4.78 is 6.66. The summed E-state index contributed by atoms with van der Waals surface area (Å²) in [5.41, 5.74) is 8.87. The highest BCUT2D eigenvalue weighted by atomic mass is 16.3. The summed E-state index contributed by atoms with van der Waals surface area (Å²) in [7, 11) is 0. The first-order valence-corrected chi connectivity index (χ1v) is 15.5. The van der Waals surface area contributed by atoms with Crippen LogP contribution in [0.4, 0.5) is 0 Å². The summed E-state index contributed by atoms with van der Waals surface area (Å²) in [5.74, 6) is 1.91. The molecular weight excluding hydrogens is 576 g/mol. The molecule has 0 radical (unpaired) electrons. The lowest BCUT2D eigenvalue weighted by molar-refractivity contribution is 0.670. The Balaban J connectivity index is 1.20. The van der Waals surface area contributed by atoms with Gasteiger partial charge in [-0.05, 0) is 46.3 Å². The summed E-state index contributed by atoms with van der Waals surface area (Å²) in [5, 5.41) is 4.32. The Bertz CT molecular complexity index is 2490. The van der Waals surface area contributed by atoms with Gasteiger partial charge >= 0.3 is 0 Å². The van der Waals surface area contributed by atoms with Crippen LogP contribution >= 0.6 is 0 Å². The average molecular weight is 603 g/mol. The summed E-state index contributed by atoms with van der Waals surface area (Å²) in [6, 6.07) is 49.6. The van der Waals surface area contributed by atoms with E-state index < -0.39 is 0 Å². The molecule has 0 bridgehead atoms. The highest BCUT2D eigenvalue weighted by Gasteiger charge is 2.19. The molecular formula is C42H26N4O. The number of nitrogens with zero attached hydrogens (tertiary/aromatic N) is 4. The van der Waals surface area contributed by atoms with Crippen LogP contribution in [0.15, 0.2) is 162 Å². The van der Waals surface area contributed by atoms with Gasteiger partial charge in [-0.3, -0.25) is 4.98 Å². The zero-order chi connectivity index (χ0) is 31.2. The molecule has 0 aliphatic rings. The van der Waals surface area contributed by atoms with Crippen molar-refractivity contribution < 1.29 is 4.42 Å². The molecule has 9 aromatic rings. The Morgan fingerprint density at radius 1 is 0.426 bits per heavy atom. The van der Waals surface area contributed by atoms with Crippen molar-refractivity contribution in [3.8, 4) is 56.4 Å². The first kappa shape index (κ1) is 26.9. The third kappa shape index (κ3) is 4.82. The second-order valence-electron chi connectivity index (χ2n) is 11.5. The zero-order valence-electron chi connectivity index (χ0n) is 25.2. The fourth-order valence-electron chi connectivity index (χ4n) is 6.28. The monoisotopic (exact) mass is 602 g/mol. The van der Waals surface area contributed by atoms with Gasteiger partial charge < -0.3 is 4.42 Å². The Morgan fingerprint density at radius 2 is 0.936 bits per heavy atom. The van der Waals surface area contributed by atoms with Crippen molar-refractivity contribution in [2.45, 2.75) is 0 Å². The third-order valence-electron chi connectivity index (χ3n) is 8.62. The van der Waals surface area contributed by atoms with Crippen LogP contribution < -0.4 is 0 Å². The zero-order valence-corrected chi connectivity index (χ0v) is 25.2. The van der Waals surface area contributed by atoms with E-state index in [9.17, 15) is 0 Å². The Kier molecular flexibility index (Phi) is 6.39. The van der Waals surface area contributed by atoms with E-state index in [1.54, 1.807) is 0 Å². The maximum Gasteiger partial charge on any atom is 0.164 e. The second-order valence-corrected chi connectivity index (χ2v) is 11.5. The molecule has 0 unspecified atom stereocenters. The summed E-state index contributed by atoms with van der Waals surface area (Å²) >= 11 is 0. The van der Waals surface area contributed by atoms with E-state index in [1.807, 2.05) is 85.2 Å². The van der Waals surface area contributed by atoms with Crippen LogP contribution in [0.1, 0.15) is 0 Å². The van der Waals surface area contributed by atoms with Crippen molar-refractivity contribution in [2.75, 3.05) is 0 Å². The number of pyridine rings is 1. The largest absolute Gasteiger partial charge is 0.455 e. The molecule has 220 valence electrons. The van der Waals surface area contributed by atoms with Gasteiger partial charge in [0, 0.05) is 50.8 Å². The average Bonchev–Trinajstić information content (AvgIpc) is 3.53. The van der Waals surface area contributed by atoms with Crippen LogP contribution in [0, 0.1) is 0 Å². The molecule has 9 rings (SSSR count). The van der Waals surface area contributed by atoms with Gasteiger partial charge in [-0.1, -0.05) is 121 Å². The first-order valence-electron chi connectivity index (χ1n) is 15.5. The van der Waals surface area contributed by atoms with E-state index >= 15 is 0 Å². The van der Waals surface area contributed by atoms with Gasteiger partial charge in [0.15, 0.2) is 17.5 Å². The molecule has 0 atom stereocenters. The number of benzene rings is 6. The minimum absolute atomic E-state index is 0.626. The normalized spacial score (nSPS) is 11.4. The summed E-state index contributed by atoms with van der Waals surface area (Å²) in [6.45, 7) is 0. The molecule has 0 saturated heterocycles. The molecule has 0 aliphatic carbocycles. The van der Waals surface area contributed by atoms with E-state index in [-0.39, 0.29) is 0 Å². The minimum Gasteiger partial charge on any atom is -0.455 e. The molecule has 0 spiro atoms. The predicted molar refractivity (Wildman–Crippen MR) is 190 cm³/mol. The van der Waals surface area contributed by atoms with Crippen molar-refractivity contribution in [3.05, 3.63) is 158 Å². The van der Waals surface area contributed by atoms with E-state index in [4.69, 9.17) is 19.4 Å². The SMILES string of the molecule is c1ccc(-c2nc(-c3ccccc3)nc(-c3ccc(-c4ccc(-c5ccccc5)c5oc6cc7ccncc7cc6c45)cc3)n2)cc1. The molecule has 6 aromatic carbocycles. The minimum atomic E-state index is 0.626. The lowest BCUT2D eigenvalue weighted by Crippen LogP contribution is -2.00. The van der Waals surface area contributed by atoms with Gasteiger partial charge in [-0.15, -0.1) is 0 Å². The molecule has 3 heterocycles. The molecule has 0 saturated carbocycles. The van der Waals surface area contributed by atoms with Crippen LogP contribution in [-0.2, 0) is 0 Å². The number of aromatic nitrogens is 4. The summed E-state index contributed by atoms with van der Waals surface area (Å²) in [6.07, 6.45) is 3.72. The van der Waals surface area contributed by atoms with E-state index in [1.165, 1.54) is 0 Å². The van der Waals surface area contributed by atoms with Crippen LogP contribution in [0.5, 0.6) is 0 Å². The fraction of sp³-hybridized carbons (Fsp3) is 0. The second kappa shape index (κ2) is 11.2. The van der Waals surface area contributed by atoms with E-state index in [0.717, 1.165) is 71.7 Å². The molecule has 5 nitrogen and oxygen atoms in total. The van der Waals surface area contributed by atoms with Crippen molar-refractivity contribution in [1.29, 1.82) is 0 Å². The Hall–Kier alpha value is -6.46. The van der Waals surface area contributed by atoms with Crippen LogP contribution in [0.2, 0.25) is 0 Å². The van der Waals surface area contributed by atoms with Gasteiger partial charge in [-0.25, -0.2) is 15.0 Å². The molecule has 0 fully saturated rings. The number of hydrogen-bond donors (Lipinski definition) is 0. The van der Waals surface area contributed by atoms with Crippen molar-refractivity contribution in [2.24, 2.45) is 0 Å². The van der Waals surface area contributed by atoms with Crippen molar-refractivity contribution in [1.82, 2.24) is 19.9 Å². The standard InChI is InChI=1S/C42H26N4O/c1-4-10-27(11-5-1)35-21-20-34(38-36-24-33-26-43-23-22-32(33)25-37(36)47-39(35)38)28-16-18-31(19-17-28)42-45-40(29-12-6-2-7-13-29)44-41(46-42)30-14-8-3-9-15-30/h1-26H. The van der Waals surface area contributed by atoms with Gasteiger partial charge in [-0.2, -0.15) is 0 Å². The smallest absolute Gasteiger partial charge is 0.164 e.